The van der Waals surface area contributed by atoms with E-state index >= 15 is 0 Å². The molecule has 0 aliphatic heterocycles. The fourth-order valence-electron chi connectivity index (χ4n) is 3.34. The Bertz CT molecular complexity index is 946. The van der Waals surface area contributed by atoms with Crippen LogP contribution in [0.15, 0.2) is 61.2 Å². The summed E-state index contributed by atoms with van der Waals surface area (Å²) >= 11 is 0. The van der Waals surface area contributed by atoms with Gasteiger partial charge >= 0.3 is 0 Å². The molecule has 0 saturated carbocycles. The van der Waals surface area contributed by atoms with E-state index in [9.17, 15) is 4.79 Å². The van der Waals surface area contributed by atoms with Crippen LogP contribution in [0.3, 0.4) is 0 Å². The van der Waals surface area contributed by atoms with Crippen molar-refractivity contribution in [3.05, 3.63) is 66.7 Å². The highest BCUT2D eigenvalue weighted by atomic mass is 16.5. The highest BCUT2D eigenvalue weighted by Gasteiger charge is 2.04. The average Bonchev–Trinajstić information content (AvgIpc) is 2.70. The van der Waals surface area contributed by atoms with Gasteiger partial charge in [0.1, 0.15) is 12.4 Å². The van der Waals surface area contributed by atoms with Crippen molar-refractivity contribution in [3.63, 3.8) is 0 Å². The van der Waals surface area contributed by atoms with Gasteiger partial charge in [0.05, 0.1) is 6.54 Å². The highest BCUT2D eigenvalue weighted by Crippen LogP contribution is 2.29. The van der Waals surface area contributed by atoms with Gasteiger partial charge in [-0.3, -0.25) is 4.79 Å². The number of hydrogen-bond acceptors (Lipinski definition) is 2. The fourth-order valence-corrected chi connectivity index (χ4v) is 3.34. The molecule has 3 aromatic carbocycles. The molecular weight excluding hydrogens is 334 g/mol. The molecule has 0 heterocycles. The van der Waals surface area contributed by atoms with E-state index in [1.807, 2.05) is 6.07 Å². The maximum Gasteiger partial charge on any atom is 0.243 e. The van der Waals surface area contributed by atoms with Crippen LogP contribution in [0.25, 0.3) is 21.5 Å². The van der Waals surface area contributed by atoms with Gasteiger partial charge in [-0.1, -0.05) is 62.7 Å². The van der Waals surface area contributed by atoms with Crippen LogP contribution in [0.4, 0.5) is 0 Å². The Morgan fingerprint density at radius 3 is 2.52 bits per heavy atom. The molecule has 1 N–H and O–H groups in total. The van der Waals surface area contributed by atoms with Gasteiger partial charge in [0.25, 0.3) is 0 Å². The first-order chi connectivity index (χ1) is 13.2. The number of amides is 1. The van der Waals surface area contributed by atoms with E-state index in [2.05, 4.69) is 61.3 Å². The molecule has 0 radical (unpaired) electrons. The first-order valence-corrected chi connectivity index (χ1v) is 9.69. The molecule has 3 aromatic rings. The molecule has 3 heteroatoms. The van der Waals surface area contributed by atoms with Crippen molar-refractivity contribution in [1.82, 2.24) is 5.32 Å². The van der Waals surface area contributed by atoms with Crippen LogP contribution < -0.4 is 10.1 Å². The average molecular weight is 361 g/mol. The molecule has 0 atom stereocenters. The standard InChI is InChI=1S/C24H27NO2/c1-3-5-6-7-18-8-12-22-19(16-18)9-10-20-17-21(11-13-23(20)22)27-15-14-25-24(26)4-2/h4,8-13,16-17H,2-3,5-7,14-15H2,1H3,(H,25,26). The molecule has 140 valence electrons. The largest absolute Gasteiger partial charge is 0.492 e. The predicted octanol–water partition coefficient (Wildman–Crippen LogP) is 5.41. The van der Waals surface area contributed by atoms with Crippen LogP contribution in [-0.4, -0.2) is 19.1 Å². The summed E-state index contributed by atoms with van der Waals surface area (Å²) in [6.45, 7) is 6.56. The third kappa shape index (κ3) is 4.88. The molecular formula is C24H27NO2. The molecule has 3 nitrogen and oxygen atoms in total. The number of nitrogens with one attached hydrogen (secondary N) is 1. The molecule has 0 aliphatic rings. The molecule has 0 saturated heterocycles. The van der Waals surface area contributed by atoms with E-state index in [1.54, 1.807) is 0 Å². The maximum absolute atomic E-state index is 11.1. The minimum atomic E-state index is -0.183. The molecule has 0 fully saturated rings. The first-order valence-electron chi connectivity index (χ1n) is 9.69. The van der Waals surface area contributed by atoms with Gasteiger partial charge in [-0.2, -0.15) is 0 Å². The zero-order chi connectivity index (χ0) is 19.1. The van der Waals surface area contributed by atoms with E-state index in [0.717, 1.165) is 17.6 Å². The Labute approximate surface area is 161 Å². The number of aryl methyl sites for hydroxylation is 1. The minimum absolute atomic E-state index is 0.183. The Hall–Kier alpha value is -2.81. The Morgan fingerprint density at radius 1 is 1.04 bits per heavy atom. The molecule has 0 unspecified atom stereocenters. The Morgan fingerprint density at radius 2 is 1.78 bits per heavy atom. The molecule has 0 bridgehead atoms. The Balaban J connectivity index is 1.73. The number of fused-ring (bicyclic) bond motifs is 3. The second kappa shape index (κ2) is 9.22. The normalized spacial score (nSPS) is 10.9. The topological polar surface area (TPSA) is 38.3 Å². The molecule has 1 amide bonds. The summed E-state index contributed by atoms with van der Waals surface area (Å²) in [7, 11) is 0. The second-order valence-corrected chi connectivity index (χ2v) is 6.80. The van der Waals surface area contributed by atoms with Gasteiger partial charge in [-0.15, -0.1) is 0 Å². The van der Waals surface area contributed by atoms with Gasteiger partial charge < -0.3 is 10.1 Å². The lowest BCUT2D eigenvalue weighted by Gasteiger charge is -2.10. The quantitative estimate of drug-likeness (QED) is 0.314. The van der Waals surface area contributed by atoms with Crippen molar-refractivity contribution in [2.24, 2.45) is 0 Å². The van der Waals surface area contributed by atoms with Crippen LogP contribution >= 0.6 is 0 Å². The van der Waals surface area contributed by atoms with E-state index in [-0.39, 0.29) is 5.91 Å². The van der Waals surface area contributed by atoms with Gasteiger partial charge in [-0.25, -0.2) is 0 Å². The fraction of sp³-hybridized carbons (Fsp3) is 0.292. The monoisotopic (exact) mass is 361 g/mol. The molecule has 0 aromatic heterocycles. The van der Waals surface area contributed by atoms with Gasteiger partial charge in [0, 0.05) is 0 Å². The summed E-state index contributed by atoms with van der Waals surface area (Å²) in [5.41, 5.74) is 1.41. The summed E-state index contributed by atoms with van der Waals surface area (Å²) in [5.74, 6) is 0.628. The number of unbranched alkanes of at least 4 members (excludes halogenated alkanes) is 2. The smallest absolute Gasteiger partial charge is 0.243 e. The van der Waals surface area contributed by atoms with Crippen molar-refractivity contribution >= 4 is 27.5 Å². The highest BCUT2D eigenvalue weighted by molar-refractivity contribution is 6.07. The lowest BCUT2D eigenvalue weighted by Crippen LogP contribution is -2.26. The summed E-state index contributed by atoms with van der Waals surface area (Å²) in [5, 5.41) is 7.67. The second-order valence-electron chi connectivity index (χ2n) is 6.80. The summed E-state index contributed by atoms with van der Waals surface area (Å²) < 4.78 is 5.75. The lowest BCUT2D eigenvalue weighted by molar-refractivity contribution is -0.116. The number of rotatable bonds is 9. The van der Waals surface area contributed by atoms with Crippen molar-refractivity contribution in [3.8, 4) is 5.75 Å². The number of ether oxygens (including phenoxy) is 1. The molecule has 27 heavy (non-hydrogen) atoms. The van der Waals surface area contributed by atoms with Gasteiger partial charge in [0.2, 0.25) is 5.91 Å². The zero-order valence-corrected chi connectivity index (χ0v) is 16.0. The van der Waals surface area contributed by atoms with E-state index in [0.29, 0.717) is 13.2 Å². The summed E-state index contributed by atoms with van der Waals surface area (Å²) in [6, 6.07) is 17.3. The van der Waals surface area contributed by atoms with E-state index < -0.39 is 0 Å². The van der Waals surface area contributed by atoms with Crippen molar-refractivity contribution in [2.45, 2.75) is 32.6 Å². The van der Waals surface area contributed by atoms with Crippen molar-refractivity contribution in [2.75, 3.05) is 13.2 Å². The summed E-state index contributed by atoms with van der Waals surface area (Å²) in [6.07, 6.45) is 6.20. The Kier molecular flexibility index (Phi) is 6.48. The van der Waals surface area contributed by atoms with Crippen LogP contribution in [0, 0.1) is 0 Å². The third-order valence-corrected chi connectivity index (χ3v) is 4.80. The van der Waals surface area contributed by atoms with Crippen LogP contribution in [-0.2, 0) is 11.2 Å². The van der Waals surface area contributed by atoms with Crippen LogP contribution in [0.1, 0.15) is 31.7 Å². The minimum Gasteiger partial charge on any atom is -0.492 e. The maximum atomic E-state index is 11.1. The van der Waals surface area contributed by atoms with E-state index in [1.165, 1.54) is 47.1 Å². The third-order valence-electron chi connectivity index (χ3n) is 4.80. The summed E-state index contributed by atoms with van der Waals surface area (Å²) in [4.78, 5) is 11.1. The number of carbonyl (C=O) groups excluding carboxylic acids is 1. The SMILES string of the molecule is C=CC(=O)NCCOc1ccc2c(ccc3cc(CCCCC)ccc32)c1. The van der Waals surface area contributed by atoms with Crippen molar-refractivity contribution < 1.29 is 9.53 Å². The molecule has 0 spiro atoms. The first kappa shape index (κ1) is 19.0. The lowest BCUT2D eigenvalue weighted by atomic mass is 9.98. The van der Waals surface area contributed by atoms with Gasteiger partial charge in [-0.05, 0) is 58.2 Å². The number of hydrogen-bond donors (Lipinski definition) is 1. The number of carbonyl (C=O) groups is 1. The predicted molar refractivity (Wildman–Crippen MR) is 113 cm³/mol. The van der Waals surface area contributed by atoms with E-state index in [4.69, 9.17) is 4.74 Å². The van der Waals surface area contributed by atoms with Gasteiger partial charge in [0.15, 0.2) is 0 Å². The van der Waals surface area contributed by atoms with Crippen LogP contribution in [0.5, 0.6) is 5.75 Å². The zero-order valence-electron chi connectivity index (χ0n) is 16.0. The number of benzene rings is 3. The van der Waals surface area contributed by atoms with Crippen molar-refractivity contribution in [1.29, 1.82) is 0 Å². The van der Waals surface area contributed by atoms with Crippen LogP contribution in [0.2, 0.25) is 0 Å². The molecule has 3 rings (SSSR count). The molecule has 0 aliphatic carbocycles.